The fourth-order valence-corrected chi connectivity index (χ4v) is 4.20. The molecule has 1 aromatic carbocycles. The molecule has 0 saturated carbocycles. The van der Waals surface area contributed by atoms with Gasteiger partial charge in [-0.2, -0.15) is 5.10 Å². The molecule has 1 aliphatic rings. The molecule has 0 unspecified atom stereocenters. The maximum atomic E-state index is 12.8. The van der Waals surface area contributed by atoms with E-state index < -0.39 is 23.6 Å². The van der Waals surface area contributed by atoms with E-state index in [0.29, 0.717) is 41.9 Å². The number of rotatable bonds is 12. The van der Waals surface area contributed by atoms with Crippen LogP contribution in [0.1, 0.15) is 46.3 Å². The van der Waals surface area contributed by atoms with Gasteiger partial charge in [-0.25, -0.2) is 4.98 Å². The van der Waals surface area contributed by atoms with Crippen molar-refractivity contribution in [3.05, 3.63) is 47.3 Å². The molecule has 4 rings (SSSR count). The van der Waals surface area contributed by atoms with Crippen molar-refractivity contribution >= 4 is 46.5 Å². The van der Waals surface area contributed by atoms with E-state index in [1.165, 1.54) is 29.2 Å². The summed E-state index contributed by atoms with van der Waals surface area (Å²) in [5.41, 5.74) is 7.59. The van der Waals surface area contributed by atoms with Gasteiger partial charge < -0.3 is 20.4 Å². The van der Waals surface area contributed by atoms with Crippen LogP contribution in [0.15, 0.2) is 30.4 Å². The van der Waals surface area contributed by atoms with Crippen molar-refractivity contribution in [2.45, 2.75) is 33.2 Å². The Labute approximate surface area is 229 Å². The van der Waals surface area contributed by atoms with E-state index in [4.69, 9.17) is 10.5 Å². The van der Waals surface area contributed by atoms with E-state index in [1.807, 2.05) is 6.92 Å². The molecule has 0 radical (unpaired) electrons. The zero-order valence-corrected chi connectivity index (χ0v) is 22.4. The fourth-order valence-electron chi connectivity index (χ4n) is 4.20. The van der Waals surface area contributed by atoms with Gasteiger partial charge in [0.05, 0.1) is 17.8 Å². The molecule has 14 heteroatoms. The summed E-state index contributed by atoms with van der Waals surface area (Å²) in [5.74, 6) is -1.71. The van der Waals surface area contributed by atoms with Crippen LogP contribution in [0.4, 0.5) is 5.95 Å². The van der Waals surface area contributed by atoms with Gasteiger partial charge >= 0.3 is 0 Å². The zero-order valence-electron chi connectivity index (χ0n) is 22.4. The van der Waals surface area contributed by atoms with E-state index in [-0.39, 0.29) is 42.7 Å². The summed E-state index contributed by atoms with van der Waals surface area (Å²) < 4.78 is 7.47. The number of amides is 5. The molecule has 3 aromatic rings. The molecule has 0 saturated heterocycles. The third-order valence-corrected chi connectivity index (χ3v) is 6.27. The Hall–Kier alpha value is -5.01. The number of aromatic amines is 1. The monoisotopic (exact) mass is 550 g/mol. The molecule has 0 bridgehead atoms. The number of hydrogen-bond acceptors (Lipinski definition) is 8. The number of benzene rings is 1. The molecular weight excluding hydrogens is 520 g/mol. The first-order valence-electron chi connectivity index (χ1n) is 12.7. The molecule has 210 valence electrons. The molecule has 0 spiro atoms. The van der Waals surface area contributed by atoms with Gasteiger partial charge in [0, 0.05) is 50.8 Å². The molecule has 14 nitrogen and oxygen atoms in total. The highest BCUT2D eigenvalue weighted by Gasteiger charge is 2.24. The first kappa shape index (κ1) is 28.0. The van der Waals surface area contributed by atoms with Crippen LogP contribution in [-0.4, -0.2) is 85.8 Å². The van der Waals surface area contributed by atoms with Crippen LogP contribution >= 0.6 is 0 Å². The number of carbonyl (C=O) groups excluding carboxylic acids is 5. The Balaban J connectivity index is 1.37. The summed E-state index contributed by atoms with van der Waals surface area (Å²) in [5, 5.41) is 6.99. The molecule has 2 aromatic heterocycles. The Morgan fingerprint density at radius 1 is 1.15 bits per heavy atom. The predicted octanol–water partition coefficient (Wildman–Crippen LogP) is 0.981. The third kappa shape index (κ3) is 6.17. The molecule has 0 aliphatic carbocycles. The Kier molecular flexibility index (Phi) is 8.26. The van der Waals surface area contributed by atoms with Gasteiger partial charge in [-0.15, -0.1) is 0 Å². The molecule has 3 heterocycles. The quantitative estimate of drug-likeness (QED) is 0.220. The third-order valence-electron chi connectivity index (χ3n) is 6.27. The first-order chi connectivity index (χ1) is 19.1. The second-order valence-corrected chi connectivity index (χ2v) is 9.19. The minimum absolute atomic E-state index is 0.0121. The average Bonchev–Trinajstić information content (AvgIpc) is 3.60. The number of imide groups is 1. The molecular formula is C26H30N8O6. The number of H-pyrrole nitrogens is 1. The lowest BCUT2D eigenvalue weighted by atomic mass is 10.1. The van der Waals surface area contributed by atoms with Crippen molar-refractivity contribution in [2.75, 3.05) is 32.1 Å². The summed E-state index contributed by atoms with van der Waals surface area (Å²) in [4.78, 5) is 70.3. The zero-order chi connectivity index (χ0) is 29.0. The van der Waals surface area contributed by atoms with E-state index in [1.54, 1.807) is 24.7 Å². The van der Waals surface area contributed by atoms with Gasteiger partial charge in [0.2, 0.25) is 17.8 Å². The minimum Gasteiger partial charge on any atom is -0.491 e. The minimum atomic E-state index is -0.662. The van der Waals surface area contributed by atoms with Gasteiger partial charge in [-0.1, -0.05) is 0 Å². The number of nitrogens with two attached hydrogens (primary N) is 1. The van der Waals surface area contributed by atoms with Crippen molar-refractivity contribution in [3.63, 3.8) is 0 Å². The van der Waals surface area contributed by atoms with Crippen LogP contribution < -0.4 is 15.8 Å². The first-order valence-corrected chi connectivity index (χ1v) is 12.7. The number of nitrogens with one attached hydrogen (secondary N) is 2. The number of carbonyl (C=O) groups is 5. The van der Waals surface area contributed by atoms with E-state index in [0.717, 1.165) is 4.90 Å². The van der Waals surface area contributed by atoms with Crippen molar-refractivity contribution in [3.8, 4) is 5.75 Å². The van der Waals surface area contributed by atoms with Crippen LogP contribution in [-0.2, 0) is 20.9 Å². The highest BCUT2D eigenvalue weighted by molar-refractivity contribution is 6.13. The number of aromatic nitrogens is 4. The summed E-state index contributed by atoms with van der Waals surface area (Å²) in [6, 6.07) is 4.66. The number of hydrogen-bond donors (Lipinski definition) is 3. The number of aryl methyl sites for hydroxylation is 2. The van der Waals surface area contributed by atoms with Crippen molar-refractivity contribution in [1.29, 1.82) is 0 Å². The van der Waals surface area contributed by atoms with Gasteiger partial charge in [-0.05, 0) is 38.5 Å². The number of imidazole rings is 1. The number of primary amides is 1. The Morgan fingerprint density at radius 2 is 1.88 bits per heavy atom. The fraction of sp³-hybridized carbons (Fsp3) is 0.346. The predicted molar refractivity (Wildman–Crippen MR) is 143 cm³/mol. The van der Waals surface area contributed by atoms with Gasteiger partial charge in [0.15, 0.2) is 0 Å². The normalized spacial score (nSPS) is 12.8. The highest BCUT2D eigenvalue weighted by atomic mass is 16.5. The molecule has 0 atom stereocenters. The summed E-state index contributed by atoms with van der Waals surface area (Å²) in [7, 11) is 1.62. The van der Waals surface area contributed by atoms with Gasteiger partial charge in [0.1, 0.15) is 17.0 Å². The molecule has 4 N–H and O–H groups in total. The van der Waals surface area contributed by atoms with Crippen LogP contribution in [0.5, 0.6) is 5.75 Å². The Morgan fingerprint density at radius 3 is 2.55 bits per heavy atom. The highest BCUT2D eigenvalue weighted by Crippen LogP contribution is 2.28. The lowest BCUT2D eigenvalue weighted by Gasteiger charge is -2.19. The van der Waals surface area contributed by atoms with Gasteiger partial charge in [-0.3, -0.25) is 38.9 Å². The topological polar surface area (TPSA) is 186 Å². The number of fused-ring (bicyclic) bond motifs is 1. The summed E-state index contributed by atoms with van der Waals surface area (Å²) in [6.07, 6.45) is 2.81. The van der Waals surface area contributed by atoms with Crippen LogP contribution in [0.3, 0.4) is 0 Å². The maximum absolute atomic E-state index is 12.8. The molecule has 1 aliphatic heterocycles. The second-order valence-electron chi connectivity index (χ2n) is 9.19. The van der Waals surface area contributed by atoms with E-state index >= 15 is 0 Å². The number of nitrogens with zero attached hydrogens (tertiary/aromatic N) is 5. The van der Waals surface area contributed by atoms with Crippen LogP contribution in [0, 0.1) is 6.92 Å². The summed E-state index contributed by atoms with van der Waals surface area (Å²) >= 11 is 0. The van der Waals surface area contributed by atoms with Gasteiger partial charge in [0.25, 0.3) is 17.7 Å². The standard InChI is InChI=1S/C26H30N8O6/c1-4-34-18(12-15(2)31-34)25(39)30-26-28-17-13-16(24(27)38)14-19(23(17)29-26)40-11-5-9-32(3)20(35)8-10-33-21(36)6-7-22(33)37/h6-7,12-14H,4-5,8-11H2,1-3H3,(H2,27,38)(H2,28,29,30,39). The lowest BCUT2D eigenvalue weighted by molar-refractivity contribution is -0.137. The van der Waals surface area contributed by atoms with E-state index in [2.05, 4.69) is 20.4 Å². The Bertz CT molecular complexity index is 1500. The second kappa shape index (κ2) is 11.8. The van der Waals surface area contributed by atoms with Crippen molar-refractivity contribution in [2.24, 2.45) is 5.73 Å². The average molecular weight is 551 g/mol. The molecule has 0 fully saturated rings. The van der Waals surface area contributed by atoms with Crippen LogP contribution in [0.25, 0.3) is 11.0 Å². The largest absolute Gasteiger partial charge is 0.491 e. The van der Waals surface area contributed by atoms with Crippen LogP contribution in [0.2, 0.25) is 0 Å². The summed E-state index contributed by atoms with van der Waals surface area (Å²) in [6.45, 7) is 4.75. The van der Waals surface area contributed by atoms with E-state index in [9.17, 15) is 24.0 Å². The molecule has 5 amide bonds. The number of anilines is 1. The smallest absolute Gasteiger partial charge is 0.276 e. The lowest BCUT2D eigenvalue weighted by Crippen LogP contribution is -2.36. The number of ether oxygens (including phenoxy) is 1. The maximum Gasteiger partial charge on any atom is 0.276 e. The van der Waals surface area contributed by atoms with Crippen molar-refractivity contribution in [1.82, 2.24) is 29.5 Å². The van der Waals surface area contributed by atoms with Crippen molar-refractivity contribution < 1.29 is 28.7 Å². The molecule has 40 heavy (non-hydrogen) atoms. The SMILES string of the molecule is CCn1nc(C)cc1C(=O)Nc1nc2c(OCCCN(C)C(=O)CCN3C(=O)C=CC3=O)cc(C(N)=O)cc2[nH]1.